The third kappa shape index (κ3) is 4.17. The number of methoxy groups -OCH3 is 1. The largest absolute Gasteiger partial charge is 0.496 e. The first-order valence-corrected chi connectivity index (χ1v) is 10.6. The average Bonchev–Trinajstić information content (AvgIpc) is 3.39. The number of anilines is 1. The number of carbonyl (C=O) groups is 1. The zero-order valence-corrected chi connectivity index (χ0v) is 18.5. The second-order valence-corrected chi connectivity index (χ2v) is 8.01. The van der Waals surface area contributed by atoms with Crippen molar-refractivity contribution in [3.63, 3.8) is 0 Å². The van der Waals surface area contributed by atoms with E-state index in [-0.39, 0.29) is 5.91 Å². The van der Waals surface area contributed by atoms with Gasteiger partial charge in [-0.05, 0) is 42.7 Å². The molecule has 0 saturated carbocycles. The topological polar surface area (TPSA) is 94.8 Å². The minimum atomic E-state index is -0.314. The molecular weight excluding hydrogens is 412 g/mol. The van der Waals surface area contributed by atoms with Gasteiger partial charge in [0.2, 0.25) is 5.13 Å². The van der Waals surface area contributed by atoms with Gasteiger partial charge >= 0.3 is 0 Å². The Hall–Kier alpha value is -3.59. The van der Waals surface area contributed by atoms with E-state index < -0.39 is 0 Å². The van der Waals surface area contributed by atoms with Gasteiger partial charge in [0.25, 0.3) is 5.91 Å². The molecule has 0 aliphatic heterocycles. The molecular formula is C22H22N6O2S. The molecule has 4 aromatic rings. The number of aromatic nitrogens is 5. The number of carbonyl (C=O) groups excluding carboxylic acids is 1. The van der Waals surface area contributed by atoms with Crippen LogP contribution in [0.3, 0.4) is 0 Å². The molecule has 2 aromatic carbocycles. The van der Waals surface area contributed by atoms with Crippen LogP contribution in [0.4, 0.5) is 5.13 Å². The highest BCUT2D eigenvalue weighted by atomic mass is 32.1. The molecule has 31 heavy (non-hydrogen) atoms. The van der Waals surface area contributed by atoms with Crippen LogP contribution in [0.15, 0.2) is 48.5 Å². The predicted octanol–water partition coefficient (Wildman–Crippen LogP) is 4.48. The Morgan fingerprint density at radius 1 is 1.13 bits per heavy atom. The summed E-state index contributed by atoms with van der Waals surface area (Å²) in [6.07, 6.45) is 0. The normalized spacial score (nSPS) is 11.0. The Morgan fingerprint density at radius 2 is 1.87 bits per heavy atom. The van der Waals surface area contributed by atoms with E-state index in [1.165, 1.54) is 12.7 Å². The van der Waals surface area contributed by atoms with Crippen LogP contribution in [0, 0.1) is 6.92 Å². The summed E-state index contributed by atoms with van der Waals surface area (Å²) in [5, 5.41) is 11.7. The first-order valence-electron chi connectivity index (χ1n) is 9.79. The number of ether oxygens (including phenoxy) is 1. The van der Waals surface area contributed by atoms with Crippen LogP contribution in [0.1, 0.15) is 41.4 Å². The number of hydrogen-bond donors (Lipinski definition) is 1. The molecule has 1 N–H and O–H groups in total. The summed E-state index contributed by atoms with van der Waals surface area (Å²) in [5.74, 6) is 1.06. The molecule has 0 bridgehead atoms. The van der Waals surface area contributed by atoms with Gasteiger partial charge in [0, 0.05) is 11.5 Å². The maximum absolute atomic E-state index is 12.6. The van der Waals surface area contributed by atoms with E-state index in [0.29, 0.717) is 33.9 Å². The van der Waals surface area contributed by atoms with E-state index in [9.17, 15) is 4.79 Å². The molecule has 0 spiro atoms. The fourth-order valence-electron chi connectivity index (χ4n) is 3.15. The van der Waals surface area contributed by atoms with Gasteiger partial charge in [-0.1, -0.05) is 43.3 Å². The lowest BCUT2D eigenvalue weighted by molar-refractivity contribution is 0.102. The summed E-state index contributed by atoms with van der Waals surface area (Å²) in [6, 6.07) is 15.2. The fourth-order valence-corrected chi connectivity index (χ4v) is 3.71. The van der Waals surface area contributed by atoms with Gasteiger partial charge < -0.3 is 4.74 Å². The highest BCUT2D eigenvalue weighted by molar-refractivity contribution is 7.10. The van der Waals surface area contributed by atoms with Gasteiger partial charge in [-0.15, -0.1) is 5.10 Å². The standard InChI is InChI=1S/C22H22N6O2S/c1-13(2)15-9-11-16(12-10-15)28-14(3)19(25-27-28)20-23-22(31-26-20)24-21(29)17-7-5-6-8-18(17)30-4/h5-13H,1-4H3,(H,23,24,26,29). The molecule has 0 unspecified atom stereocenters. The Kier molecular flexibility index (Phi) is 5.77. The van der Waals surface area contributed by atoms with Gasteiger partial charge in [-0.3, -0.25) is 10.1 Å². The Balaban J connectivity index is 1.55. The molecule has 0 atom stereocenters. The highest BCUT2D eigenvalue weighted by Crippen LogP contribution is 2.25. The molecule has 0 radical (unpaired) electrons. The molecule has 2 aromatic heterocycles. The first-order chi connectivity index (χ1) is 15.0. The molecule has 2 heterocycles. The lowest BCUT2D eigenvalue weighted by Crippen LogP contribution is -2.12. The molecule has 8 nitrogen and oxygen atoms in total. The number of para-hydroxylation sites is 1. The maximum atomic E-state index is 12.6. The quantitative estimate of drug-likeness (QED) is 0.481. The lowest BCUT2D eigenvalue weighted by Gasteiger charge is -2.07. The van der Waals surface area contributed by atoms with E-state index in [2.05, 4.69) is 51.0 Å². The molecule has 0 aliphatic carbocycles. The monoisotopic (exact) mass is 434 g/mol. The molecule has 1 amide bonds. The lowest BCUT2D eigenvalue weighted by atomic mass is 10.0. The Bertz CT molecular complexity index is 1210. The van der Waals surface area contributed by atoms with Crippen molar-refractivity contribution < 1.29 is 9.53 Å². The van der Waals surface area contributed by atoms with Gasteiger partial charge in [0.1, 0.15) is 5.75 Å². The van der Waals surface area contributed by atoms with Crippen molar-refractivity contribution in [1.29, 1.82) is 0 Å². The Morgan fingerprint density at radius 3 is 2.58 bits per heavy atom. The van der Waals surface area contributed by atoms with E-state index in [0.717, 1.165) is 22.9 Å². The van der Waals surface area contributed by atoms with E-state index in [1.54, 1.807) is 28.9 Å². The predicted molar refractivity (Wildman–Crippen MR) is 120 cm³/mol. The molecule has 9 heteroatoms. The molecule has 4 rings (SSSR count). The average molecular weight is 435 g/mol. The zero-order chi connectivity index (χ0) is 22.0. The number of nitrogens with zero attached hydrogens (tertiary/aromatic N) is 5. The van der Waals surface area contributed by atoms with Crippen molar-refractivity contribution in [2.45, 2.75) is 26.7 Å². The smallest absolute Gasteiger partial charge is 0.261 e. The van der Waals surface area contributed by atoms with Gasteiger partial charge in [0.15, 0.2) is 11.5 Å². The summed E-state index contributed by atoms with van der Waals surface area (Å²) >= 11 is 1.09. The summed E-state index contributed by atoms with van der Waals surface area (Å²) in [5.41, 5.74) is 3.99. The molecule has 0 saturated heterocycles. The van der Waals surface area contributed by atoms with Crippen molar-refractivity contribution in [1.82, 2.24) is 24.4 Å². The van der Waals surface area contributed by atoms with Crippen LogP contribution in [0.25, 0.3) is 17.2 Å². The number of benzene rings is 2. The second-order valence-electron chi connectivity index (χ2n) is 7.26. The second kappa shape index (κ2) is 8.65. The van der Waals surface area contributed by atoms with E-state index in [1.807, 2.05) is 19.1 Å². The van der Waals surface area contributed by atoms with E-state index >= 15 is 0 Å². The fraction of sp³-hybridized carbons (Fsp3) is 0.227. The minimum Gasteiger partial charge on any atom is -0.496 e. The molecule has 0 fully saturated rings. The number of amides is 1. The van der Waals surface area contributed by atoms with Crippen molar-refractivity contribution in [2.75, 3.05) is 12.4 Å². The number of hydrogen-bond acceptors (Lipinski definition) is 7. The van der Waals surface area contributed by atoms with Crippen LogP contribution in [-0.4, -0.2) is 37.4 Å². The van der Waals surface area contributed by atoms with Crippen molar-refractivity contribution in [3.05, 3.63) is 65.4 Å². The van der Waals surface area contributed by atoms with Crippen molar-refractivity contribution in [2.24, 2.45) is 0 Å². The van der Waals surface area contributed by atoms with Gasteiger partial charge in [-0.25, -0.2) is 4.68 Å². The molecule has 158 valence electrons. The summed E-state index contributed by atoms with van der Waals surface area (Å²) in [4.78, 5) is 17.0. The van der Waals surface area contributed by atoms with Gasteiger partial charge in [-0.2, -0.15) is 9.36 Å². The van der Waals surface area contributed by atoms with Crippen molar-refractivity contribution in [3.8, 4) is 23.0 Å². The summed E-state index contributed by atoms with van der Waals surface area (Å²) in [6.45, 7) is 6.23. The minimum absolute atomic E-state index is 0.314. The Labute approximate surface area is 184 Å². The van der Waals surface area contributed by atoms with Crippen molar-refractivity contribution >= 4 is 22.6 Å². The van der Waals surface area contributed by atoms with Crippen LogP contribution >= 0.6 is 11.5 Å². The zero-order valence-electron chi connectivity index (χ0n) is 17.7. The third-order valence-corrected chi connectivity index (χ3v) is 5.54. The number of rotatable bonds is 6. The number of nitrogens with one attached hydrogen (secondary N) is 1. The van der Waals surface area contributed by atoms with Gasteiger partial charge in [0.05, 0.1) is 24.1 Å². The van der Waals surface area contributed by atoms with Crippen LogP contribution < -0.4 is 10.1 Å². The van der Waals surface area contributed by atoms with Crippen LogP contribution in [0.2, 0.25) is 0 Å². The molecule has 0 aliphatic rings. The van der Waals surface area contributed by atoms with Crippen LogP contribution in [0.5, 0.6) is 5.75 Å². The van der Waals surface area contributed by atoms with E-state index in [4.69, 9.17) is 4.74 Å². The van der Waals surface area contributed by atoms with Crippen LogP contribution in [-0.2, 0) is 0 Å². The maximum Gasteiger partial charge on any atom is 0.261 e. The summed E-state index contributed by atoms with van der Waals surface area (Å²) < 4.78 is 11.4. The highest BCUT2D eigenvalue weighted by Gasteiger charge is 2.19. The first kappa shape index (κ1) is 20.7. The third-order valence-electron chi connectivity index (χ3n) is 4.91. The summed E-state index contributed by atoms with van der Waals surface area (Å²) in [7, 11) is 1.53. The SMILES string of the molecule is COc1ccccc1C(=O)Nc1nc(-c2nnn(-c3ccc(C(C)C)cc3)c2C)ns1.